The molecule has 1 N–H and O–H groups in total. The van der Waals surface area contributed by atoms with E-state index in [1.165, 1.54) is 12.1 Å². The molecule has 5 nitrogen and oxygen atoms in total. The summed E-state index contributed by atoms with van der Waals surface area (Å²) >= 11 is 0. The maximum absolute atomic E-state index is 13.4. The highest BCUT2D eigenvalue weighted by Gasteiger charge is 2.13. The number of anilines is 1. The molecule has 0 amide bonds. The minimum Gasteiger partial charge on any atom is -0.364 e. The fraction of sp³-hybridized carbons (Fsp3) is 0.190. The van der Waals surface area contributed by atoms with Crippen molar-refractivity contribution in [1.82, 2.24) is 19.7 Å². The monoisotopic (exact) mass is 361 g/mol. The summed E-state index contributed by atoms with van der Waals surface area (Å²) < 4.78 is 15.4. The van der Waals surface area contributed by atoms with Gasteiger partial charge in [-0.05, 0) is 43.2 Å². The van der Waals surface area contributed by atoms with Gasteiger partial charge < -0.3 is 5.32 Å². The molecule has 0 atom stereocenters. The van der Waals surface area contributed by atoms with E-state index in [2.05, 4.69) is 27.6 Å². The maximum atomic E-state index is 13.4. The number of aromatic nitrogens is 4. The molecule has 0 aliphatic rings. The highest BCUT2D eigenvalue weighted by molar-refractivity contribution is 5.82. The topological polar surface area (TPSA) is 55.6 Å². The third-order valence-electron chi connectivity index (χ3n) is 4.52. The van der Waals surface area contributed by atoms with E-state index in [-0.39, 0.29) is 5.82 Å². The van der Waals surface area contributed by atoms with Gasteiger partial charge in [0.05, 0.1) is 5.52 Å². The van der Waals surface area contributed by atoms with Crippen LogP contribution in [0.1, 0.15) is 23.9 Å². The Bertz CT molecular complexity index is 1100. The summed E-state index contributed by atoms with van der Waals surface area (Å²) in [7, 11) is 0. The Balaban J connectivity index is 1.71. The Kier molecular flexibility index (Phi) is 4.54. The molecule has 27 heavy (non-hydrogen) atoms. The molecule has 4 aromatic rings. The molecule has 6 heteroatoms. The number of benzene rings is 2. The third kappa shape index (κ3) is 3.38. The molecule has 2 heterocycles. The fourth-order valence-electron chi connectivity index (χ4n) is 3.20. The second-order valence-electron chi connectivity index (χ2n) is 6.42. The van der Waals surface area contributed by atoms with Crippen molar-refractivity contribution >= 4 is 16.7 Å². The van der Waals surface area contributed by atoms with Crippen LogP contribution in [0.25, 0.3) is 16.9 Å². The van der Waals surface area contributed by atoms with E-state index in [4.69, 9.17) is 4.98 Å². The lowest BCUT2D eigenvalue weighted by molar-refractivity contribution is 0.626. The summed E-state index contributed by atoms with van der Waals surface area (Å²) in [5.74, 6) is 0.942. The number of rotatable bonds is 5. The van der Waals surface area contributed by atoms with Gasteiger partial charge in [-0.3, -0.25) is 4.57 Å². The first-order valence-corrected chi connectivity index (χ1v) is 8.95. The number of fused-ring (bicyclic) bond motifs is 1. The van der Waals surface area contributed by atoms with E-state index in [0.717, 1.165) is 27.9 Å². The Hall–Kier alpha value is -3.28. The second kappa shape index (κ2) is 7.15. The van der Waals surface area contributed by atoms with Gasteiger partial charge in [-0.25, -0.2) is 4.39 Å². The van der Waals surface area contributed by atoms with Crippen molar-refractivity contribution in [1.29, 1.82) is 0 Å². The number of aryl methyl sites for hydroxylation is 2. The molecule has 2 aromatic carbocycles. The molecule has 136 valence electrons. The molecular formula is C21H20FN5. The van der Waals surface area contributed by atoms with E-state index < -0.39 is 0 Å². The predicted molar refractivity (Wildman–Crippen MR) is 105 cm³/mol. The highest BCUT2D eigenvalue weighted by atomic mass is 19.1. The normalized spacial score (nSPS) is 11.1. The van der Waals surface area contributed by atoms with Crippen LogP contribution in [0, 0.1) is 12.7 Å². The van der Waals surface area contributed by atoms with Gasteiger partial charge in [0.1, 0.15) is 11.5 Å². The van der Waals surface area contributed by atoms with Crippen LogP contribution < -0.4 is 5.32 Å². The van der Waals surface area contributed by atoms with Gasteiger partial charge in [0.25, 0.3) is 5.95 Å². The van der Waals surface area contributed by atoms with E-state index in [0.29, 0.717) is 24.7 Å². The van der Waals surface area contributed by atoms with E-state index in [1.54, 1.807) is 6.07 Å². The Morgan fingerprint density at radius 1 is 1.04 bits per heavy atom. The average molecular weight is 361 g/mol. The van der Waals surface area contributed by atoms with Crippen LogP contribution in [-0.4, -0.2) is 19.7 Å². The maximum Gasteiger partial charge on any atom is 0.256 e. The largest absolute Gasteiger partial charge is 0.364 e. The van der Waals surface area contributed by atoms with Crippen LogP contribution in [0.3, 0.4) is 0 Å². The molecule has 0 saturated carbocycles. The van der Waals surface area contributed by atoms with Gasteiger partial charge >= 0.3 is 0 Å². The Morgan fingerprint density at radius 3 is 2.70 bits per heavy atom. The lowest BCUT2D eigenvalue weighted by atomic mass is 10.2. The summed E-state index contributed by atoms with van der Waals surface area (Å²) in [6.45, 7) is 4.50. The average Bonchev–Trinajstić information content (AvgIpc) is 3.02. The quantitative estimate of drug-likeness (QED) is 0.571. The summed E-state index contributed by atoms with van der Waals surface area (Å²) in [6.07, 6.45) is 0.706. The number of halogens is 1. The van der Waals surface area contributed by atoms with Crippen molar-refractivity contribution in [3.63, 3.8) is 0 Å². The summed E-state index contributed by atoms with van der Waals surface area (Å²) in [5.41, 5.74) is 3.71. The van der Waals surface area contributed by atoms with E-state index in [1.807, 2.05) is 42.7 Å². The van der Waals surface area contributed by atoms with Gasteiger partial charge in [-0.15, -0.1) is 10.2 Å². The summed E-state index contributed by atoms with van der Waals surface area (Å²) in [4.78, 5) is 4.72. The molecule has 0 aliphatic heterocycles. The zero-order valence-electron chi connectivity index (χ0n) is 15.3. The molecule has 0 saturated heterocycles. The van der Waals surface area contributed by atoms with E-state index >= 15 is 0 Å². The van der Waals surface area contributed by atoms with Crippen molar-refractivity contribution in [3.05, 3.63) is 77.4 Å². The van der Waals surface area contributed by atoms with Crippen molar-refractivity contribution in [3.8, 4) is 5.95 Å². The molecule has 0 spiro atoms. The van der Waals surface area contributed by atoms with Crippen LogP contribution in [0.5, 0.6) is 0 Å². The molecule has 0 bridgehead atoms. The number of para-hydroxylation sites is 1. The van der Waals surface area contributed by atoms with Gasteiger partial charge in [0.15, 0.2) is 5.82 Å². The van der Waals surface area contributed by atoms with Crippen molar-refractivity contribution in [2.75, 3.05) is 5.32 Å². The molecule has 2 aromatic heterocycles. The van der Waals surface area contributed by atoms with Gasteiger partial charge in [-0.2, -0.15) is 4.98 Å². The van der Waals surface area contributed by atoms with Crippen molar-refractivity contribution < 1.29 is 4.39 Å². The van der Waals surface area contributed by atoms with Gasteiger partial charge in [0.2, 0.25) is 0 Å². The number of nitrogens with zero attached hydrogens (tertiary/aromatic N) is 4. The van der Waals surface area contributed by atoms with Crippen LogP contribution in [0.4, 0.5) is 10.2 Å². The summed E-state index contributed by atoms with van der Waals surface area (Å²) in [5, 5.41) is 13.1. The van der Waals surface area contributed by atoms with Gasteiger partial charge in [0, 0.05) is 17.6 Å². The van der Waals surface area contributed by atoms with Gasteiger partial charge in [-0.1, -0.05) is 37.3 Å². The van der Waals surface area contributed by atoms with Crippen LogP contribution in [0.2, 0.25) is 0 Å². The standard InChI is InChI=1S/C21H20FN5/c1-3-18-20(23-13-15-7-6-9-17(22)12-15)24-21(26-25-18)27-14(2)11-16-8-4-5-10-19(16)27/h4-12H,3,13H2,1-2H3,(H,23,24,26). The lowest BCUT2D eigenvalue weighted by Crippen LogP contribution is -2.12. The molecule has 0 radical (unpaired) electrons. The first kappa shape index (κ1) is 17.1. The number of nitrogens with one attached hydrogen (secondary N) is 1. The first-order chi connectivity index (χ1) is 13.2. The SMILES string of the molecule is CCc1nnc(-n2c(C)cc3ccccc32)nc1NCc1cccc(F)c1. The number of hydrogen-bond acceptors (Lipinski definition) is 4. The van der Waals surface area contributed by atoms with Crippen LogP contribution >= 0.6 is 0 Å². The van der Waals surface area contributed by atoms with E-state index in [9.17, 15) is 4.39 Å². The fourth-order valence-corrected chi connectivity index (χ4v) is 3.20. The summed E-state index contributed by atoms with van der Waals surface area (Å²) in [6, 6.07) is 16.7. The van der Waals surface area contributed by atoms with Crippen LogP contribution in [0.15, 0.2) is 54.6 Å². The Morgan fingerprint density at radius 2 is 1.89 bits per heavy atom. The second-order valence-corrected chi connectivity index (χ2v) is 6.42. The zero-order valence-corrected chi connectivity index (χ0v) is 15.3. The molecule has 0 aliphatic carbocycles. The minimum absolute atomic E-state index is 0.249. The smallest absolute Gasteiger partial charge is 0.256 e. The molecule has 0 fully saturated rings. The van der Waals surface area contributed by atoms with Crippen molar-refractivity contribution in [2.45, 2.75) is 26.8 Å². The third-order valence-corrected chi connectivity index (χ3v) is 4.52. The molecular weight excluding hydrogens is 341 g/mol. The zero-order chi connectivity index (χ0) is 18.8. The van der Waals surface area contributed by atoms with Crippen LogP contribution in [-0.2, 0) is 13.0 Å². The molecule has 4 rings (SSSR count). The molecule has 0 unspecified atom stereocenters. The van der Waals surface area contributed by atoms with Crippen molar-refractivity contribution in [2.24, 2.45) is 0 Å². The highest BCUT2D eigenvalue weighted by Crippen LogP contribution is 2.23. The first-order valence-electron chi connectivity index (χ1n) is 8.95. The predicted octanol–water partition coefficient (Wildman–Crippen LogP) is 4.44. The Labute approximate surface area is 156 Å². The lowest BCUT2D eigenvalue weighted by Gasteiger charge is -2.12. The number of hydrogen-bond donors (Lipinski definition) is 1. The minimum atomic E-state index is -0.249.